The second-order valence-electron chi connectivity index (χ2n) is 5.19. The molecule has 0 amide bonds. The van der Waals surface area contributed by atoms with Crippen LogP contribution in [0.4, 0.5) is 0 Å². The number of rotatable bonds is 9. The van der Waals surface area contributed by atoms with Gasteiger partial charge in [-0.25, -0.2) is 0 Å². The van der Waals surface area contributed by atoms with E-state index in [1.165, 1.54) is 25.7 Å². The molecule has 0 spiro atoms. The summed E-state index contributed by atoms with van der Waals surface area (Å²) in [6.45, 7) is 13.3. The van der Waals surface area contributed by atoms with Crippen LogP contribution < -0.4 is 10.6 Å². The fourth-order valence-electron chi connectivity index (χ4n) is 1.77. The van der Waals surface area contributed by atoms with Crippen LogP contribution in [0.1, 0.15) is 60.3 Å². The summed E-state index contributed by atoms with van der Waals surface area (Å²) in [5.41, 5.74) is 0.216. The van der Waals surface area contributed by atoms with Crippen LogP contribution in [0.2, 0.25) is 0 Å². The highest BCUT2D eigenvalue weighted by molar-refractivity contribution is 4.80. The van der Waals surface area contributed by atoms with Crippen molar-refractivity contribution in [3.05, 3.63) is 0 Å². The molecule has 0 radical (unpaired) electrons. The summed E-state index contributed by atoms with van der Waals surface area (Å²) < 4.78 is 0. The third kappa shape index (κ3) is 8.88. The Balaban J connectivity index is 3.55. The monoisotopic (exact) mass is 214 g/mol. The van der Waals surface area contributed by atoms with Crippen LogP contribution in [0, 0.1) is 0 Å². The summed E-state index contributed by atoms with van der Waals surface area (Å²) >= 11 is 0. The van der Waals surface area contributed by atoms with E-state index in [1.54, 1.807) is 0 Å². The van der Waals surface area contributed by atoms with Crippen molar-refractivity contribution in [2.45, 2.75) is 71.9 Å². The van der Waals surface area contributed by atoms with Crippen LogP contribution in [0.3, 0.4) is 0 Å². The highest BCUT2D eigenvalue weighted by Gasteiger charge is 2.16. The van der Waals surface area contributed by atoms with E-state index in [0.29, 0.717) is 6.04 Å². The molecule has 0 heterocycles. The molecule has 0 bridgehead atoms. The highest BCUT2D eigenvalue weighted by Crippen LogP contribution is 2.05. The molecule has 0 fully saturated rings. The molecule has 92 valence electrons. The Kier molecular flexibility index (Phi) is 8.07. The second-order valence-corrected chi connectivity index (χ2v) is 5.19. The lowest BCUT2D eigenvalue weighted by Crippen LogP contribution is -2.49. The average molecular weight is 214 g/mol. The van der Waals surface area contributed by atoms with E-state index in [0.717, 1.165) is 13.1 Å². The van der Waals surface area contributed by atoms with Crippen molar-refractivity contribution >= 4 is 0 Å². The van der Waals surface area contributed by atoms with Gasteiger partial charge in [0, 0.05) is 18.1 Å². The van der Waals surface area contributed by atoms with Crippen LogP contribution in [-0.4, -0.2) is 24.7 Å². The van der Waals surface area contributed by atoms with Crippen LogP contribution >= 0.6 is 0 Å². The highest BCUT2D eigenvalue weighted by atomic mass is 15.0. The molecule has 2 heteroatoms. The van der Waals surface area contributed by atoms with Gasteiger partial charge in [0.05, 0.1) is 0 Å². The van der Waals surface area contributed by atoms with Gasteiger partial charge in [-0.2, -0.15) is 0 Å². The van der Waals surface area contributed by atoms with Crippen LogP contribution in [0.15, 0.2) is 0 Å². The molecule has 0 saturated heterocycles. The average Bonchev–Trinajstić information content (AvgIpc) is 2.15. The zero-order valence-corrected chi connectivity index (χ0v) is 11.3. The van der Waals surface area contributed by atoms with Crippen LogP contribution in [-0.2, 0) is 0 Å². The van der Waals surface area contributed by atoms with Gasteiger partial charge in [0.1, 0.15) is 0 Å². The Labute approximate surface area is 96.2 Å². The van der Waals surface area contributed by atoms with Crippen molar-refractivity contribution in [3.63, 3.8) is 0 Å². The lowest BCUT2D eigenvalue weighted by molar-refractivity contribution is 0.347. The van der Waals surface area contributed by atoms with E-state index < -0.39 is 0 Å². The van der Waals surface area contributed by atoms with Crippen molar-refractivity contribution in [3.8, 4) is 0 Å². The fraction of sp³-hybridized carbons (Fsp3) is 1.00. The number of likely N-dealkylation sites (N-methyl/N-ethyl adjacent to an activating group) is 1. The lowest BCUT2D eigenvalue weighted by Gasteiger charge is -2.28. The van der Waals surface area contributed by atoms with Crippen LogP contribution in [0.5, 0.6) is 0 Å². The fourth-order valence-corrected chi connectivity index (χ4v) is 1.77. The SMILES string of the molecule is CCCCCC(C)NCC(C)(C)NCC. The molecule has 0 aliphatic heterocycles. The van der Waals surface area contributed by atoms with Crippen molar-refractivity contribution in [2.75, 3.05) is 13.1 Å². The minimum absolute atomic E-state index is 0.216. The number of unbranched alkanes of at least 4 members (excludes halogenated alkanes) is 2. The molecule has 2 N–H and O–H groups in total. The first-order chi connectivity index (χ1) is 7.02. The van der Waals surface area contributed by atoms with Gasteiger partial charge in [0.2, 0.25) is 0 Å². The molecule has 2 nitrogen and oxygen atoms in total. The molecular formula is C13H30N2. The zero-order valence-electron chi connectivity index (χ0n) is 11.3. The van der Waals surface area contributed by atoms with E-state index in [-0.39, 0.29) is 5.54 Å². The summed E-state index contributed by atoms with van der Waals surface area (Å²) in [4.78, 5) is 0. The smallest absolute Gasteiger partial charge is 0.0249 e. The molecule has 0 aromatic rings. The minimum atomic E-state index is 0.216. The summed E-state index contributed by atoms with van der Waals surface area (Å²) in [7, 11) is 0. The first-order valence-electron chi connectivity index (χ1n) is 6.50. The molecular weight excluding hydrogens is 184 g/mol. The Morgan fingerprint density at radius 3 is 2.33 bits per heavy atom. The van der Waals surface area contributed by atoms with Crippen molar-refractivity contribution in [1.82, 2.24) is 10.6 Å². The molecule has 1 atom stereocenters. The molecule has 0 saturated carbocycles. The Morgan fingerprint density at radius 2 is 1.80 bits per heavy atom. The Bertz CT molecular complexity index is 143. The van der Waals surface area contributed by atoms with Gasteiger partial charge in [0.15, 0.2) is 0 Å². The molecule has 0 aliphatic carbocycles. The van der Waals surface area contributed by atoms with Crippen molar-refractivity contribution in [1.29, 1.82) is 0 Å². The molecule has 0 aromatic carbocycles. The lowest BCUT2D eigenvalue weighted by atomic mass is 10.0. The topological polar surface area (TPSA) is 24.1 Å². The quantitative estimate of drug-likeness (QED) is 0.577. The molecule has 0 rings (SSSR count). The van der Waals surface area contributed by atoms with Gasteiger partial charge < -0.3 is 10.6 Å². The molecule has 1 unspecified atom stereocenters. The van der Waals surface area contributed by atoms with E-state index in [2.05, 4.69) is 45.3 Å². The predicted octanol–water partition coefficient (Wildman–Crippen LogP) is 2.93. The predicted molar refractivity (Wildman–Crippen MR) is 69.4 cm³/mol. The van der Waals surface area contributed by atoms with Gasteiger partial charge in [-0.3, -0.25) is 0 Å². The molecule has 0 aliphatic rings. The summed E-state index contributed by atoms with van der Waals surface area (Å²) in [5, 5.41) is 7.09. The first kappa shape index (κ1) is 14.9. The maximum atomic E-state index is 3.60. The largest absolute Gasteiger partial charge is 0.312 e. The van der Waals surface area contributed by atoms with E-state index in [1.807, 2.05) is 0 Å². The first-order valence-corrected chi connectivity index (χ1v) is 6.50. The summed E-state index contributed by atoms with van der Waals surface area (Å²) in [6, 6.07) is 0.648. The van der Waals surface area contributed by atoms with Crippen molar-refractivity contribution in [2.24, 2.45) is 0 Å². The standard InChI is InChI=1S/C13H30N2/c1-6-8-9-10-12(3)14-11-13(4,5)15-7-2/h12,14-15H,6-11H2,1-5H3. The van der Waals surface area contributed by atoms with E-state index in [9.17, 15) is 0 Å². The molecule has 15 heavy (non-hydrogen) atoms. The number of hydrogen-bond acceptors (Lipinski definition) is 2. The zero-order chi connectivity index (χ0) is 11.7. The van der Waals surface area contributed by atoms with Gasteiger partial charge >= 0.3 is 0 Å². The van der Waals surface area contributed by atoms with E-state index in [4.69, 9.17) is 0 Å². The minimum Gasteiger partial charge on any atom is -0.312 e. The maximum absolute atomic E-state index is 3.60. The Hall–Kier alpha value is -0.0800. The van der Waals surface area contributed by atoms with Gasteiger partial charge in [-0.15, -0.1) is 0 Å². The van der Waals surface area contributed by atoms with Gasteiger partial charge in [-0.05, 0) is 33.7 Å². The van der Waals surface area contributed by atoms with Gasteiger partial charge in [0.25, 0.3) is 0 Å². The summed E-state index contributed by atoms with van der Waals surface area (Å²) in [5.74, 6) is 0. The number of nitrogens with one attached hydrogen (secondary N) is 2. The van der Waals surface area contributed by atoms with E-state index >= 15 is 0 Å². The maximum Gasteiger partial charge on any atom is 0.0249 e. The van der Waals surface area contributed by atoms with Crippen LogP contribution in [0.25, 0.3) is 0 Å². The number of hydrogen-bond donors (Lipinski definition) is 2. The second kappa shape index (κ2) is 8.12. The third-order valence-corrected chi connectivity index (χ3v) is 2.79. The van der Waals surface area contributed by atoms with Crippen molar-refractivity contribution < 1.29 is 0 Å². The third-order valence-electron chi connectivity index (χ3n) is 2.79. The summed E-state index contributed by atoms with van der Waals surface area (Å²) in [6.07, 6.45) is 5.33. The normalized spacial score (nSPS) is 14.2. The van der Waals surface area contributed by atoms with Gasteiger partial charge in [-0.1, -0.05) is 33.1 Å². The molecule has 0 aromatic heterocycles. The Morgan fingerprint density at radius 1 is 1.13 bits per heavy atom.